The van der Waals surface area contributed by atoms with E-state index < -0.39 is 0 Å². The first-order valence-electron chi connectivity index (χ1n) is 7.79. The normalized spacial score (nSPS) is 19.1. The Labute approximate surface area is 134 Å². The molecule has 0 N–H and O–H groups in total. The van der Waals surface area contributed by atoms with Crippen molar-refractivity contribution < 1.29 is 19.1 Å². The fraction of sp³-hybridized carbons (Fsp3) is 0.389. The van der Waals surface area contributed by atoms with E-state index in [9.17, 15) is 14.4 Å². The van der Waals surface area contributed by atoms with E-state index >= 15 is 0 Å². The number of ether oxygens (including phenoxy) is 1. The lowest BCUT2D eigenvalue weighted by Crippen LogP contribution is -2.20. The zero-order valence-electron chi connectivity index (χ0n) is 13.1. The number of Topliss-reactive ketones (excluding diaryl/α,β-unsaturated/α-hetero) is 1. The molecular formula is C18H19NO4. The third-order valence-electron chi connectivity index (χ3n) is 4.38. The van der Waals surface area contributed by atoms with Crippen LogP contribution in [-0.2, 0) is 20.7 Å². The van der Waals surface area contributed by atoms with Crippen LogP contribution < -0.4 is 4.90 Å². The van der Waals surface area contributed by atoms with Crippen molar-refractivity contribution in [1.29, 1.82) is 0 Å². The van der Waals surface area contributed by atoms with E-state index in [1.807, 2.05) is 6.08 Å². The van der Waals surface area contributed by atoms with Crippen LogP contribution in [0.3, 0.4) is 0 Å². The number of carbonyl (C=O) groups excluding carboxylic acids is 3. The van der Waals surface area contributed by atoms with Crippen LogP contribution in [0, 0.1) is 5.92 Å². The van der Waals surface area contributed by atoms with Gasteiger partial charge >= 0.3 is 5.97 Å². The predicted octanol–water partition coefficient (Wildman–Crippen LogP) is 2.29. The van der Waals surface area contributed by atoms with Crippen LogP contribution in [0.2, 0.25) is 0 Å². The molecule has 1 heterocycles. The minimum absolute atomic E-state index is 0.0145. The summed E-state index contributed by atoms with van der Waals surface area (Å²) >= 11 is 0. The average molecular weight is 313 g/mol. The van der Waals surface area contributed by atoms with E-state index in [0.717, 1.165) is 24.1 Å². The van der Waals surface area contributed by atoms with Crippen molar-refractivity contribution in [1.82, 2.24) is 0 Å². The van der Waals surface area contributed by atoms with Crippen LogP contribution in [0.5, 0.6) is 0 Å². The van der Waals surface area contributed by atoms with Gasteiger partial charge in [0.05, 0.1) is 12.8 Å². The molecule has 0 bridgehead atoms. The second kappa shape index (κ2) is 6.36. The molecule has 1 aromatic carbocycles. The molecule has 1 aliphatic heterocycles. The van der Waals surface area contributed by atoms with Gasteiger partial charge in [0.15, 0.2) is 12.4 Å². The summed E-state index contributed by atoms with van der Waals surface area (Å²) in [4.78, 5) is 37.1. The lowest BCUT2D eigenvalue weighted by atomic mass is 10.0. The number of nitrogens with zero attached hydrogens (tertiary/aromatic N) is 1. The van der Waals surface area contributed by atoms with Crippen LogP contribution in [0.25, 0.3) is 0 Å². The summed E-state index contributed by atoms with van der Waals surface area (Å²) in [5.41, 5.74) is 2.14. The van der Waals surface area contributed by atoms with Gasteiger partial charge in [-0.15, -0.1) is 0 Å². The molecule has 0 saturated carbocycles. The molecule has 0 radical (unpaired) electrons. The smallest absolute Gasteiger partial charge is 0.306 e. The Morgan fingerprint density at radius 1 is 1.35 bits per heavy atom. The molecule has 1 aromatic rings. The number of carbonyl (C=O) groups is 3. The lowest BCUT2D eigenvalue weighted by Gasteiger charge is -2.11. The summed E-state index contributed by atoms with van der Waals surface area (Å²) in [7, 11) is 1.72. The number of amides is 1. The Kier molecular flexibility index (Phi) is 4.28. The number of anilines is 1. The second-order valence-electron chi connectivity index (χ2n) is 6.03. The fourth-order valence-electron chi connectivity index (χ4n) is 3.01. The number of hydrogen-bond acceptors (Lipinski definition) is 4. The van der Waals surface area contributed by atoms with E-state index in [1.165, 1.54) is 0 Å². The molecule has 1 amide bonds. The molecule has 120 valence electrons. The maximum absolute atomic E-state index is 12.2. The van der Waals surface area contributed by atoms with Crippen LogP contribution in [0.15, 0.2) is 30.4 Å². The number of benzene rings is 1. The Balaban J connectivity index is 1.56. The molecule has 0 aromatic heterocycles. The molecular weight excluding hydrogens is 294 g/mol. The van der Waals surface area contributed by atoms with Crippen LogP contribution in [-0.4, -0.2) is 31.3 Å². The number of fused-ring (bicyclic) bond motifs is 1. The molecule has 1 aliphatic carbocycles. The topological polar surface area (TPSA) is 63.7 Å². The van der Waals surface area contributed by atoms with Crippen molar-refractivity contribution in [3.63, 3.8) is 0 Å². The summed E-state index contributed by atoms with van der Waals surface area (Å²) in [6, 6.07) is 5.15. The van der Waals surface area contributed by atoms with Crippen LogP contribution >= 0.6 is 0 Å². The van der Waals surface area contributed by atoms with E-state index in [1.54, 1.807) is 30.1 Å². The summed E-state index contributed by atoms with van der Waals surface area (Å²) in [5, 5.41) is 0. The maximum atomic E-state index is 12.2. The van der Waals surface area contributed by atoms with E-state index in [4.69, 9.17) is 4.74 Å². The Morgan fingerprint density at radius 3 is 2.91 bits per heavy atom. The van der Waals surface area contributed by atoms with E-state index in [2.05, 4.69) is 6.08 Å². The van der Waals surface area contributed by atoms with E-state index in [-0.39, 0.29) is 30.2 Å². The highest BCUT2D eigenvalue weighted by atomic mass is 16.5. The first-order chi connectivity index (χ1) is 11.0. The number of rotatable bonds is 5. The predicted molar refractivity (Wildman–Crippen MR) is 85.3 cm³/mol. The number of esters is 1. The molecule has 23 heavy (non-hydrogen) atoms. The van der Waals surface area contributed by atoms with Crippen molar-refractivity contribution in [2.75, 3.05) is 18.6 Å². The van der Waals surface area contributed by atoms with Gasteiger partial charge in [0, 0.05) is 18.3 Å². The second-order valence-corrected chi connectivity index (χ2v) is 6.03. The number of likely N-dealkylation sites (N-methyl/N-ethyl adjacent to an activating group) is 1. The summed E-state index contributed by atoms with van der Waals surface area (Å²) in [6.07, 6.45) is 6.69. The highest BCUT2D eigenvalue weighted by molar-refractivity contribution is 6.03. The fourth-order valence-corrected chi connectivity index (χ4v) is 3.01. The van der Waals surface area contributed by atoms with Crippen molar-refractivity contribution in [2.24, 2.45) is 5.92 Å². The molecule has 2 aliphatic rings. The first-order valence-corrected chi connectivity index (χ1v) is 7.79. The molecule has 0 unspecified atom stereocenters. The zero-order chi connectivity index (χ0) is 16.4. The van der Waals surface area contributed by atoms with Crippen molar-refractivity contribution >= 4 is 23.3 Å². The van der Waals surface area contributed by atoms with Crippen molar-refractivity contribution in [3.05, 3.63) is 41.5 Å². The van der Waals surface area contributed by atoms with Crippen LogP contribution in [0.1, 0.15) is 35.2 Å². The third-order valence-corrected chi connectivity index (χ3v) is 4.38. The molecule has 0 spiro atoms. The molecule has 5 nitrogen and oxygen atoms in total. The van der Waals surface area contributed by atoms with Gasteiger partial charge in [-0.05, 0) is 42.5 Å². The van der Waals surface area contributed by atoms with Gasteiger partial charge in [-0.2, -0.15) is 0 Å². The molecule has 5 heteroatoms. The van der Waals surface area contributed by atoms with Crippen LogP contribution in [0.4, 0.5) is 5.69 Å². The summed E-state index contributed by atoms with van der Waals surface area (Å²) in [6.45, 7) is -0.252. The summed E-state index contributed by atoms with van der Waals surface area (Å²) < 4.78 is 5.08. The summed E-state index contributed by atoms with van der Waals surface area (Å²) in [5.74, 6) is -0.337. The van der Waals surface area contributed by atoms with Crippen molar-refractivity contribution in [2.45, 2.75) is 25.7 Å². The average Bonchev–Trinajstić information content (AvgIpc) is 3.13. The number of allylic oxidation sites excluding steroid dienone is 2. The minimum atomic E-state index is -0.342. The first kappa shape index (κ1) is 15.5. The van der Waals surface area contributed by atoms with Crippen molar-refractivity contribution in [3.8, 4) is 0 Å². The van der Waals surface area contributed by atoms with Gasteiger partial charge in [-0.3, -0.25) is 14.4 Å². The molecule has 3 rings (SSSR count). The SMILES string of the molecule is CN1C(=O)Cc2cc(C(=O)COC(=O)C[C@@H]3C=CCC3)ccc21. The zero-order valence-corrected chi connectivity index (χ0v) is 13.1. The maximum Gasteiger partial charge on any atom is 0.306 e. The Hall–Kier alpha value is -2.43. The third kappa shape index (κ3) is 3.33. The minimum Gasteiger partial charge on any atom is -0.457 e. The molecule has 0 saturated heterocycles. The lowest BCUT2D eigenvalue weighted by molar-refractivity contribution is -0.143. The van der Waals surface area contributed by atoms with E-state index in [0.29, 0.717) is 18.4 Å². The van der Waals surface area contributed by atoms with Gasteiger partial charge in [0.1, 0.15) is 0 Å². The van der Waals surface area contributed by atoms with Gasteiger partial charge in [0.25, 0.3) is 0 Å². The molecule has 1 atom stereocenters. The van der Waals surface area contributed by atoms with Gasteiger partial charge in [0.2, 0.25) is 5.91 Å². The number of ketones is 1. The number of hydrogen-bond donors (Lipinski definition) is 0. The Morgan fingerprint density at radius 2 is 2.17 bits per heavy atom. The van der Waals surface area contributed by atoms with Gasteiger partial charge in [-0.25, -0.2) is 0 Å². The van der Waals surface area contributed by atoms with Gasteiger partial charge in [-0.1, -0.05) is 12.2 Å². The highest BCUT2D eigenvalue weighted by Crippen LogP contribution is 2.28. The Bertz CT molecular complexity index is 692. The molecule has 0 fully saturated rings. The monoisotopic (exact) mass is 313 g/mol. The van der Waals surface area contributed by atoms with Gasteiger partial charge < -0.3 is 9.64 Å². The standard InChI is InChI=1S/C18H19NO4/c1-19-15-7-6-13(9-14(15)10-17(19)21)16(20)11-23-18(22)8-12-4-2-3-5-12/h2,4,6-7,9,12H,3,5,8,10-11H2,1H3/t12-/m1/s1. The quantitative estimate of drug-likeness (QED) is 0.475. The highest BCUT2D eigenvalue weighted by Gasteiger charge is 2.25. The largest absolute Gasteiger partial charge is 0.457 e.